The van der Waals surface area contributed by atoms with Crippen LogP contribution < -0.4 is 5.32 Å². The second kappa shape index (κ2) is 7.81. The summed E-state index contributed by atoms with van der Waals surface area (Å²) in [5.41, 5.74) is 4.91. The molecule has 1 saturated heterocycles. The summed E-state index contributed by atoms with van der Waals surface area (Å²) in [6, 6.07) is 0. The standard InChI is InChI=1S/C19H24N2O3/c1-5-9-24-18(22)8-7-14-11-20-16(12(14)3)10-17-15(6-2)13(4)19(23)21-17/h5-6,10-11,13,20H,1,7-9H2,2-4H3,(H,21,23)/b15-6+,17-10-. The number of H-pyrrole nitrogens is 1. The fourth-order valence-electron chi connectivity index (χ4n) is 2.78. The largest absolute Gasteiger partial charge is 0.461 e. The Morgan fingerprint density at radius 2 is 2.21 bits per heavy atom. The van der Waals surface area contributed by atoms with E-state index in [9.17, 15) is 9.59 Å². The van der Waals surface area contributed by atoms with Gasteiger partial charge in [-0.3, -0.25) is 9.59 Å². The number of amides is 1. The van der Waals surface area contributed by atoms with E-state index in [1.165, 1.54) is 0 Å². The number of hydrogen-bond donors (Lipinski definition) is 2. The Morgan fingerprint density at radius 1 is 1.46 bits per heavy atom. The molecule has 2 N–H and O–H groups in total. The molecule has 128 valence electrons. The third-order valence-electron chi connectivity index (χ3n) is 4.28. The van der Waals surface area contributed by atoms with Crippen LogP contribution in [0.3, 0.4) is 0 Å². The van der Waals surface area contributed by atoms with E-state index in [2.05, 4.69) is 16.9 Å². The van der Waals surface area contributed by atoms with Crippen molar-refractivity contribution in [1.29, 1.82) is 0 Å². The molecule has 5 nitrogen and oxygen atoms in total. The summed E-state index contributed by atoms with van der Waals surface area (Å²) in [4.78, 5) is 26.6. The first-order chi connectivity index (χ1) is 11.5. The third-order valence-corrected chi connectivity index (χ3v) is 4.28. The van der Waals surface area contributed by atoms with E-state index in [1.54, 1.807) is 6.08 Å². The predicted octanol–water partition coefficient (Wildman–Crippen LogP) is 3.04. The number of ether oxygens (including phenoxy) is 1. The average Bonchev–Trinajstić information content (AvgIpc) is 3.04. The van der Waals surface area contributed by atoms with Crippen LogP contribution in [0, 0.1) is 12.8 Å². The Balaban J connectivity index is 2.10. The SMILES string of the molecule is C=CCOC(=O)CCc1c[nH]c(/C=C2\NC(=O)C(C)\C2=C/C)c1C. The van der Waals surface area contributed by atoms with Crippen molar-refractivity contribution in [3.8, 4) is 0 Å². The van der Waals surface area contributed by atoms with Crippen LogP contribution in [0.4, 0.5) is 0 Å². The van der Waals surface area contributed by atoms with Gasteiger partial charge in [-0.1, -0.05) is 18.7 Å². The first-order valence-corrected chi connectivity index (χ1v) is 8.10. The molecule has 0 saturated carbocycles. The summed E-state index contributed by atoms with van der Waals surface area (Å²) in [5, 5.41) is 2.91. The lowest BCUT2D eigenvalue weighted by Crippen LogP contribution is -2.16. The summed E-state index contributed by atoms with van der Waals surface area (Å²) in [6.07, 6.45) is 8.31. The molecule has 24 heavy (non-hydrogen) atoms. The minimum atomic E-state index is -0.233. The lowest BCUT2D eigenvalue weighted by Gasteiger charge is -2.03. The van der Waals surface area contributed by atoms with Crippen LogP contribution in [0.25, 0.3) is 6.08 Å². The molecule has 0 aromatic carbocycles. The van der Waals surface area contributed by atoms with Gasteiger partial charge >= 0.3 is 5.97 Å². The van der Waals surface area contributed by atoms with Crippen LogP contribution >= 0.6 is 0 Å². The summed E-state index contributed by atoms with van der Waals surface area (Å²) in [7, 11) is 0. The van der Waals surface area contributed by atoms with E-state index in [4.69, 9.17) is 4.74 Å². The summed E-state index contributed by atoms with van der Waals surface area (Å²) in [6.45, 7) is 9.59. The monoisotopic (exact) mass is 328 g/mol. The number of aromatic amines is 1. The van der Waals surface area contributed by atoms with Crippen molar-refractivity contribution < 1.29 is 14.3 Å². The van der Waals surface area contributed by atoms with Crippen molar-refractivity contribution in [1.82, 2.24) is 10.3 Å². The molecule has 5 heteroatoms. The zero-order valence-corrected chi connectivity index (χ0v) is 14.4. The van der Waals surface area contributed by atoms with E-state index >= 15 is 0 Å². The van der Waals surface area contributed by atoms with E-state index in [0.717, 1.165) is 28.1 Å². The number of rotatable bonds is 6. The predicted molar refractivity (Wildman–Crippen MR) is 94.0 cm³/mol. The molecule has 1 aromatic rings. The molecule has 1 unspecified atom stereocenters. The second-order valence-corrected chi connectivity index (χ2v) is 5.84. The molecule has 1 aliphatic heterocycles. The maximum absolute atomic E-state index is 11.8. The lowest BCUT2D eigenvalue weighted by molar-refractivity contribution is -0.142. The Labute approximate surface area is 142 Å². The van der Waals surface area contributed by atoms with E-state index in [0.29, 0.717) is 12.8 Å². The number of nitrogens with one attached hydrogen (secondary N) is 2. The topological polar surface area (TPSA) is 71.2 Å². The van der Waals surface area contributed by atoms with Gasteiger partial charge in [-0.2, -0.15) is 0 Å². The van der Waals surface area contributed by atoms with Crippen molar-refractivity contribution in [3.05, 3.63) is 53.0 Å². The zero-order valence-electron chi connectivity index (χ0n) is 14.4. The number of allylic oxidation sites excluding steroid dienone is 2. The smallest absolute Gasteiger partial charge is 0.306 e. The highest BCUT2D eigenvalue weighted by atomic mass is 16.5. The van der Waals surface area contributed by atoms with Crippen molar-refractivity contribution in [2.45, 2.75) is 33.6 Å². The maximum atomic E-state index is 11.8. The van der Waals surface area contributed by atoms with Crippen molar-refractivity contribution >= 4 is 18.0 Å². The van der Waals surface area contributed by atoms with E-state index in [1.807, 2.05) is 39.1 Å². The molecule has 0 aliphatic carbocycles. The highest BCUT2D eigenvalue weighted by molar-refractivity contribution is 5.91. The van der Waals surface area contributed by atoms with Gasteiger partial charge in [0.05, 0.1) is 5.92 Å². The molecule has 1 fully saturated rings. The summed E-state index contributed by atoms with van der Waals surface area (Å²) >= 11 is 0. The molecule has 1 atom stereocenters. The van der Waals surface area contributed by atoms with E-state index < -0.39 is 0 Å². The number of aryl methyl sites for hydroxylation is 1. The van der Waals surface area contributed by atoms with Gasteiger partial charge < -0.3 is 15.0 Å². The van der Waals surface area contributed by atoms with Gasteiger partial charge in [0.1, 0.15) is 6.61 Å². The summed E-state index contributed by atoms with van der Waals surface area (Å²) < 4.78 is 4.99. The fraction of sp³-hybridized carbons (Fsp3) is 0.368. The highest BCUT2D eigenvalue weighted by Crippen LogP contribution is 2.28. The third kappa shape index (κ3) is 3.85. The molecule has 0 spiro atoms. The first-order valence-electron chi connectivity index (χ1n) is 8.10. The molecule has 1 aliphatic rings. The number of aromatic nitrogens is 1. The molecule has 2 rings (SSSR count). The van der Waals surface area contributed by atoms with Crippen LogP contribution in [0.1, 0.15) is 37.1 Å². The Morgan fingerprint density at radius 3 is 2.88 bits per heavy atom. The summed E-state index contributed by atoms with van der Waals surface area (Å²) in [5.74, 6) is -0.345. The highest BCUT2D eigenvalue weighted by Gasteiger charge is 2.28. The molecule has 1 amide bonds. The van der Waals surface area contributed by atoms with Crippen LogP contribution in [-0.2, 0) is 20.7 Å². The van der Waals surface area contributed by atoms with Gasteiger partial charge in [-0.05, 0) is 50.0 Å². The first kappa shape index (κ1) is 17.8. The second-order valence-electron chi connectivity index (χ2n) is 5.84. The molecule has 0 radical (unpaired) electrons. The van der Waals surface area contributed by atoms with Gasteiger partial charge in [0.25, 0.3) is 0 Å². The molecular weight excluding hydrogens is 304 g/mol. The normalized spacial score (nSPS) is 20.5. The van der Waals surface area contributed by atoms with Crippen LogP contribution in [0.5, 0.6) is 0 Å². The van der Waals surface area contributed by atoms with E-state index in [-0.39, 0.29) is 24.4 Å². The Bertz CT molecular complexity index is 710. The van der Waals surface area contributed by atoms with Crippen molar-refractivity contribution in [2.75, 3.05) is 6.61 Å². The number of carbonyl (C=O) groups is 2. The van der Waals surface area contributed by atoms with Crippen molar-refractivity contribution in [2.24, 2.45) is 5.92 Å². The number of carbonyl (C=O) groups excluding carboxylic acids is 2. The quantitative estimate of drug-likeness (QED) is 0.623. The van der Waals surface area contributed by atoms with Crippen molar-refractivity contribution in [3.63, 3.8) is 0 Å². The Hall–Kier alpha value is -2.56. The Kier molecular flexibility index (Phi) is 5.79. The maximum Gasteiger partial charge on any atom is 0.306 e. The molecular formula is C19H24N2O3. The molecule has 0 bridgehead atoms. The van der Waals surface area contributed by atoms with Gasteiger partial charge in [-0.25, -0.2) is 0 Å². The van der Waals surface area contributed by atoms with Gasteiger partial charge in [0.15, 0.2) is 0 Å². The van der Waals surface area contributed by atoms with Crippen LogP contribution in [-0.4, -0.2) is 23.5 Å². The number of esters is 1. The minimum Gasteiger partial charge on any atom is -0.461 e. The zero-order chi connectivity index (χ0) is 17.7. The minimum absolute atomic E-state index is 0.0174. The molecule has 2 heterocycles. The lowest BCUT2D eigenvalue weighted by atomic mass is 10.0. The average molecular weight is 328 g/mol. The fourth-order valence-corrected chi connectivity index (χ4v) is 2.78. The van der Waals surface area contributed by atoms with Crippen LogP contribution in [0.2, 0.25) is 0 Å². The van der Waals surface area contributed by atoms with Gasteiger partial charge in [0.2, 0.25) is 5.91 Å². The molecule has 1 aromatic heterocycles. The van der Waals surface area contributed by atoms with Gasteiger partial charge in [0, 0.05) is 24.0 Å². The van der Waals surface area contributed by atoms with Crippen LogP contribution in [0.15, 0.2) is 36.2 Å². The number of hydrogen-bond acceptors (Lipinski definition) is 3. The van der Waals surface area contributed by atoms with Gasteiger partial charge in [-0.15, -0.1) is 0 Å².